The lowest BCUT2D eigenvalue weighted by molar-refractivity contribution is -0.386. The van der Waals surface area contributed by atoms with Crippen LogP contribution in [-0.4, -0.2) is 28.5 Å². The van der Waals surface area contributed by atoms with Crippen molar-refractivity contribution in [3.8, 4) is 0 Å². The molecule has 104 valence electrons. The van der Waals surface area contributed by atoms with Crippen molar-refractivity contribution >= 4 is 27.3 Å². The van der Waals surface area contributed by atoms with Gasteiger partial charge in [0.15, 0.2) is 4.90 Å². The molecule has 3 N–H and O–H groups in total. The van der Waals surface area contributed by atoms with E-state index in [1.54, 1.807) is 0 Å². The molecule has 0 spiro atoms. The van der Waals surface area contributed by atoms with Crippen molar-refractivity contribution in [3.63, 3.8) is 0 Å². The lowest BCUT2D eigenvalue weighted by atomic mass is 10.3. The van der Waals surface area contributed by atoms with Crippen molar-refractivity contribution in [1.29, 1.82) is 0 Å². The van der Waals surface area contributed by atoms with Gasteiger partial charge in [0.1, 0.15) is 5.69 Å². The average Bonchev–Trinajstić information content (AvgIpc) is 2.38. The molecule has 2 rings (SSSR count). The molecule has 11 heteroatoms. The second kappa shape index (κ2) is 5.05. The van der Waals surface area contributed by atoms with Crippen molar-refractivity contribution in [2.24, 2.45) is 0 Å². The Balaban J connectivity index is 2.50. The van der Waals surface area contributed by atoms with Gasteiger partial charge in [0.25, 0.3) is 16.0 Å². The van der Waals surface area contributed by atoms with E-state index in [2.05, 4.69) is 15.2 Å². The molecule has 0 saturated carbocycles. The van der Waals surface area contributed by atoms with Gasteiger partial charge < -0.3 is 5.73 Å². The van der Waals surface area contributed by atoms with Crippen LogP contribution in [0.1, 0.15) is 0 Å². The average molecular weight is 296 g/mol. The first-order valence-corrected chi connectivity index (χ1v) is 6.59. The highest BCUT2D eigenvalue weighted by atomic mass is 32.2. The van der Waals surface area contributed by atoms with Crippen molar-refractivity contribution < 1.29 is 13.3 Å². The molecule has 2 aromatic rings. The summed E-state index contributed by atoms with van der Waals surface area (Å²) in [5, 5.41) is 17.8. The van der Waals surface area contributed by atoms with Crippen LogP contribution >= 0.6 is 0 Å². The molecule has 0 aliphatic rings. The smallest absolute Gasteiger partial charge is 0.312 e. The number of para-hydroxylation sites is 1. The molecule has 0 bridgehead atoms. The molecular formula is C9H8N6O4S. The number of rotatable bonds is 4. The van der Waals surface area contributed by atoms with Crippen molar-refractivity contribution in [3.05, 3.63) is 40.7 Å². The molecule has 0 unspecified atom stereocenters. The molecule has 0 amide bonds. The fourth-order valence-corrected chi connectivity index (χ4v) is 2.57. The zero-order chi connectivity index (χ0) is 14.8. The van der Waals surface area contributed by atoms with Crippen LogP contribution in [0.2, 0.25) is 0 Å². The van der Waals surface area contributed by atoms with E-state index in [1.165, 1.54) is 24.5 Å². The normalized spacial score (nSPS) is 11.0. The highest BCUT2D eigenvalue weighted by Crippen LogP contribution is 2.30. The predicted molar refractivity (Wildman–Crippen MR) is 68.1 cm³/mol. The maximum Gasteiger partial charge on any atom is 0.312 e. The van der Waals surface area contributed by atoms with Crippen LogP contribution in [0.15, 0.2) is 35.5 Å². The molecule has 0 fully saturated rings. The fourth-order valence-electron chi connectivity index (χ4n) is 1.42. The Morgan fingerprint density at radius 3 is 2.65 bits per heavy atom. The second-order valence-electron chi connectivity index (χ2n) is 3.52. The van der Waals surface area contributed by atoms with Crippen LogP contribution in [-0.2, 0) is 10.0 Å². The quantitative estimate of drug-likeness (QED) is 0.459. The number of hydrogen-bond donors (Lipinski definition) is 2. The Kier molecular flexibility index (Phi) is 3.43. The van der Waals surface area contributed by atoms with Gasteiger partial charge in [0.05, 0.1) is 17.3 Å². The summed E-state index contributed by atoms with van der Waals surface area (Å²) < 4.78 is 26.2. The van der Waals surface area contributed by atoms with Crippen LogP contribution in [0, 0.1) is 10.1 Å². The van der Waals surface area contributed by atoms with Gasteiger partial charge in [-0.25, -0.2) is 18.1 Å². The molecule has 1 aromatic carbocycles. The second-order valence-corrected chi connectivity index (χ2v) is 5.17. The summed E-state index contributed by atoms with van der Waals surface area (Å²) in [6, 6.07) is 3.59. The van der Waals surface area contributed by atoms with Gasteiger partial charge in [0, 0.05) is 0 Å². The van der Waals surface area contributed by atoms with Gasteiger partial charge in [-0.3, -0.25) is 10.1 Å². The predicted octanol–water partition coefficient (Wildman–Crippen LogP) is 0.163. The summed E-state index contributed by atoms with van der Waals surface area (Å²) in [5.41, 5.74) is 4.47. The van der Waals surface area contributed by atoms with Crippen LogP contribution in [0.3, 0.4) is 0 Å². The molecule has 1 heterocycles. The van der Waals surface area contributed by atoms with Crippen LogP contribution in [0.4, 0.5) is 17.3 Å². The Bertz CT molecular complexity index is 748. The third kappa shape index (κ3) is 2.61. The van der Waals surface area contributed by atoms with Gasteiger partial charge >= 0.3 is 5.69 Å². The molecule has 0 aliphatic heterocycles. The Hall–Kier alpha value is -2.82. The minimum absolute atomic E-state index is 0.259. The van der Waals surface area contributed by atoms with Gasteiger partial charge in [-0.15, -0.1) is 5.10 Å². The molecule has 0 radical (unpaired) electrons. The largest absolute Gasteiger partial charge is 0.393 e. The van der Waals surface area contributed by atoms with E-state index >= 15 is 0 Å². The van der Waals surface area contributed by atoms with Crippen molar-refractivity contribution in [2.45, 2.75) is 4.90 Å². The summed E-state index contributed by atoms with van der Waals surface area (Å²) in [7, 11) is -4.25. The third-order valence-corrected chi connectivity index (χ3v) is 3.57. The first-order valence-electron chi connectivity index (χ1n) is 5.11. The van der Waals surface area contributed by atoms with Crippen molar-refractivity contribution in [2.75, 3.05) is 10.5 Å². The van der Waals surface area contributed by atoms with E-state index < -0.39 is 25.5 Å². The highest BCUT2D eigenvalue weighted by molar-refractivity contribution is 7.92. The van der Waals surface area contributed by atoms with Crippen molar-refractivity contribution in [1.82, 2.24) is 15.2 Å². The number of aromatic nitrogens is 3. The number of nitrogens with zero attached hydrogens (tertiary/aromatic N) is 4. The van der Waals surface area contributed by atoms with Crippen LogP contribution in [0.5, 0.6) is 0 Å². The Labute approximate surface area is 112 Å². The molecule has 10 nitrogen and oxygen atoms in total. The maximum absolute atomic E-state index is 12.1. The van der Waals surface area contributed by atoms with E-state index in [1.807, 2.05) is 4.72 Å². The minimum atomic E-state index is -4.25. The van der Waals surface area contributed by atoms with Crippen LogP contribution < -0.4 is 10.5 Å². The number of nitro benzene ring substituents is 1. The number of hydrogen-bond acceptors (Lipinski definition) is 8. The molecule has 0 saturated heterocycles. The molecule has 1 aromatic heterocycles. The lowest BCUT2D eigenvalue weighted by Gasteiger charge is -2.07. The Morgan fingerprint density at radius 1 is 1.30 bits per heavy atom. The SMILES string of the molecule is Nc1cccc(S(=O)(=O)Nc2nccnn2)c1[N+](=O)[O-]. The number of nitrogen functional groups attached to an aromatic ring is 1. The number of nitrogens with one attached hydrogen (secondary N) is 1. The van der Waals surface area contributed by atoms with Crippen LogP contribution in [0.25, 0.3) is 0 Å². The first-order chi connectivity index (χ1) is 9.42. The summed E-state index contributed by atoms with van der Waals surface area (Å²) >= 11 is 0. The molecule has 0 aliphatic carbocycles. The zero-order valence-corrected chi connectivity index (χ0v) is 10.6. The maximum atomic E-state index is 12.1. The monoisotopic (exact) mass is 296 g/mol. The molecular weight excluding hydrogens is 288 g/mol. The summed E-state index contributed by atoms with van der Waals surface area (Å²) in [6.45, 7) is 0. The number of nitrogens with two attached hydrogens (primary N) is 1. The third-order valence-electron chi connectivity index (χ3n) is 2.21. The van der Waals surface area contributed by atoms with E-state index in [9.17, 15) is 18.5 Å². The number of sulfonamides is 1. The van der Waals surface area contributed by atoms with E-state index in [0.29, 0.717) is 0 Å². The summed E-state index contributed by atoms with van der Waals surface area (Å²) in [5.74, 6) is -0.302. The van der Waals surface area contributed by atoms with Gasteiger partial charge in [-0.05, 0) is 12.1 Å². The standard InChI is InChI=1S/C9H8N6O4S/c10-6-2-1-3-7(8(6)15(16)17)20(18,19)14-9-11-4-5-12-13-9/h1-5H,10H2,(H,11,13,14). The number of nitro groups is 1. The Morgan fingerprint density at radius 2 is 2.05 bits per heavy atom. The van der Waals surface area contributed by atoms with E-state index in [-0.39, 0.29) is 11.6 Å². The van der Waals surface area contributed by atoms with E-state index in [4.69, 9.17) is 5.73 Å². The topological polar surface area (TPSA) is 154 Å². The van der Waals surface area contributed by atoms with Gasteiger partial charge in [-0.1, -0.05) is 6.07 Å². The molecule has 20 heavy (non-hydrogen) atoms. The molecule has 0 atom stereocenters. The number of anilines is 2. The summed E-state index contributed by atoms with van der Waals surface area (Å²) in [4.78, 5) is 13.1. The van der Waals surface area contributed by atoms with Gasteiger partial charge in [-0.2, -0.15) is 5.10 Å². The zero-order valence-electron chi connectivity index (χ0n) is 9.79. The summed E-state index contributed by atoms with van der Waals surface area (Å²) in [6.07, 6.45) is 2.47. The highest BCUT2D eigenvalue weighted by Gasteiger charge is 2.28. The first kappa shape index (κ1) is 13.6. The minimum Gasteiger partial charge on any atom is -0.393 e. The lowest BCUT2D eigenvalue weighted by Crippen LogP contribution is -2.17. The van der Waals surface area contributed by atoms with Gasteiger partial charge in [0.2, 0.25) is 0 Å². The fraction of sp³-hybridized carbons (Fsp3) is 0. The van der Waals surface area contributed by atoms with E-state index in [0.717, 1.165) is 6.07 Å². The number of benzene rings is 1.